The van der Waals surface area contributed by atoms with Gasteiger partial charge in [-0.25, -0.2) is 8.42 Å². The molecule has 0 aliphatic heterocycles. The SMILES string of the molecule is CCCN(OCCOCCOCCO)S(=O)(=O)C(F)(F)C(F)(F)C(F)(F)C(F)(F)C(F)(F)C(F)(F)C(F)(F)C(F)(F)F. The minimum Gasteiger partial charge on any atom is -0.394 e. The van der Waals surface area contributed by atoms with E-state index >= 15 is 0 Å². The molecule has 0 atom stereocenters. The molecule has 0 unspecified atom stereocenters. The van der Waals surface area contributed by atoms with Crippen LogP contribution in [-0.2, 0) is 24.3 Å². The number of sulfonamides is 1. The van der Waals surface area contributed by atoms with Gasteiger partial charge in [0.2, 0.25) is 0 Å². The third kappa shape index (κ3) is 6.78. The highest BCUT2D eigenvalue weighted by Crippen LogP contribution is 2.64. The van der Waals surface area contributed by atoms with Gasteiger partial charge in [0.1, 0.15) is 0 Å². The number of hydroxylamine groups is 1. The first kappa shape index (κ1) is 40.6. The highest BCUT2D eigenvalue weighted by Gasteiger charge is 2.96. The third-order valence-corrected chi connectivity index (χ3v) is 6.49. The van der Waals surface area contributed by atoms with E-state index in [2.05, 4.69) is 4.84 Å². The Hall–Kier alpha value is -1.44. The fourth-order valence-electron chi connectivity index (χ4n) is 2.46. The molecule has 0 bridgehead atoms. The first-order valence-electron chi connectivity index (χ1n) is 10.6. The summed E-state index contributed by atoms with van der Waals surface area (Å²) in [5.41, 5.74) is 0. The van der Waals surface area contributed by atoms with Gasteiger partial charge in [-0.15, -0.1) is 0 Å². The van der Waals surface area contributed by atoms with Crippen molar-refractivity contribution in [3.63, 3.8) is 0 Å². The number of hydrogen-bond donors (Lipinski definition) is 1. The number of aliphatic hydroxyl groups is 1. The first-order chi connectivity index (χ1) is 18.5. The van der Waals surface area contributed by atoms with Gasteiger partial charge < -0.3 is 14.6 Å². The van der Waals surface area contributed by atoms with Crippen molar-refractivity contribution in [1.82, 2.24) is 4.47 Å². The van der Waals surface area contributed by atoms with E-state index in [0.29, 0.717) is 0 Å². The van der Waals surface area contributed by atoms with E-state index in [9.17, 15) is 83.1 Å². The molecule has 0 fully saturated rings. The van der Waals surface area contributed by atoms with Crippen LogP contribution in [0.4, 0.5) is 74.6 Å². The Bertz CT molecular complexity index is 974. The van der Waals surface area contributed by atoms with Crippen LogP contribution in [0, 0.1) is 0 Å². The average molecular weight is 689 g/mol. The van der Waals surface area contributed by atoms with Crippen LogP contribution >= 0.6 is 0 Å². The lowest BCUT2D eigenvalue weighted by atomic mass is 9.91. The molecular formula is C17H20F17NO6S. The summed E-state index contributed by atoms with van der Waals surface area (Å²) in [6.45, 7) is -3.76. The first-order valence-corrected chi connectivity index (χ1v) is 12.1. The second-order valence-corrected chi connectivity index (χ2v) is 9.64. The lowest BCUT2D eigenvalue weighted by molar-refractivity contribution is -0.458. The van der Waals surface area contributed by atoms with Crippen LogP contribution < -0.4 is 0 Å². The van der Waals surface area contributed by atoms with Crippen LogP contribution in [0.2, 0.25) is 0 Å². The summed E-state index contributed by atoms with van der Waals surface area (Å²) in [6, 6.07) is 0. The molecule has 0 aliphatic rings. The molecule has 0 spiro atoms. The van der Waals surface area contributed by atoms with Gasteiger partial charge in [-0.3, -0.25) is 4.84 Å². The van der Waals surface area contributed by atoms with E-state index in [4.69, 9.17) is 14.6 Å². The van der Waals surface area contributed by atoms with Crippen molar-refractivity contribution in [1.29, 1.82) is 0 Å². The van der Waals surface area contributed by atoms with E-state index in [-0.39, 0.29) is 19.8 Å². The second-order valence-electron chi connectivity index (χ2n) is 7.77. The number of aliphatic hydroxyl groups excluding tert-OH is 1. The normalized spacial score (nSPS) is 15.5. The van der Waals surface area contributed by atoms with Crippen molar-refractivity contribution in [2.75, 3.05) is 46.2 Å². The zero-order chi connectivity index (χ0) is 33.9. The fourth-order valence-corrected chi connectivity index (χ4v) is 3.80. The van der Waals surface area contributed by atoms with E-state index in [1.165, 1.54) is 0 Å². The van der Waals surface area contributed by atoms with Gasteiger partial charge >= 0.3 is 57.0 Å². The molecule has 0 saturated heterocycles. The molecule has 0 aliphatic carbocycles. The summed E-state index contributed by atoms with van der Waals surface area (Å²) in [6.07, 6.45) is -8.60. The van der Waals surface area contributed by atoms with Crippen molar-refractivity contribution in [2.45, 2.75) is 60.3 Å². The van der Waals surface area contributed by atoms with Gasteiger partial charge in [-0.1, -0.05) is 11.4 Å². The summed E-state index contributed by atoms with van der Waals surface area (Å²) in [7, 11) is -7.56. The quantitative estimate of drug-likeness (QED) is 0.118. The molecule has 254 valence electrons. The highest BCUT2D eigenvalue weighted by molar-refractivity contribution is 7.90. The Balaban J connectivity index is 6.43. The third-order valence-electron chi connectivity index (χ3n) is 4.76. The predicted octanol–water partition coefficient (Wildman–Crippen LogP) is 4.95. The standard InChI is InChI=1S/C17H20F17NO6S/c1-2-3-35(41-9-8-40-7-6-39-5-4-36)42(37,38)17(33,34)15(28,29)13(24,25)11(20,21)10(18,19)12(22,23)14(26,27)16(30,31)32/h36H,2-9H2,1H3. The molecule has 0 aromatic rings. The number of halogens is 17. The molecule has 25 heteroatoms. The number of nitrogens with zero attached hydrogens (tertiary/aromatic N) is 1. The van der Waals surface area contributed by atoms with Crippen LogP contribution in [0.5, 0.6) is 0 Å². The van der Waals surface area contributed by atoms with Crippen molar-refractivity contribution in [2.24, 2.45) is 0 Å². The molecule has 0 heterocycles. The zero-order valence-electron chi connectivity index (χ0n) is 20.4. The minimum atomic E-state index is -8.91. The molecule has 42 heavy (non-hydrogen) atoms. The lowest BCUT2D eigenvalue weighted by Gasteiger charge is -2.42. The zero-order valence-corrected chi connectivity index (χ0v) is 21.2. The van der Waals surface area contributed by atoms with E-state index in [0.717, 1.165) is 6.92 Å². The molecule has 7 nitrogen and oxygen atoms in total. The maximum atomic E-state index is 14.3. The smallest absolute Gasteiger partial charge is 0.394 e. The minimum absolute atomic E-state index is 0.177. The van der Waals surface area contributed by atoms with E-state index < -0.39 is 94.2 Å². The van der Waals surface area contributed by atoms with Crippen LogP contribution in [0.3, 0.4) is 0 Å². The lowest BCUT2D eigenvalue weighted by Crippen LogP contribution is -2.75. The molecule has 0 radical (unpaired) electrons. The Morgan fingerprint density at radius 2 is 0.929 bits per heavy atom. The summed E-state index contributed by atoms with van der Waals surface area (Å²) in [4.78, 5) is 4.16. The molecule has 1 N–H and O–H groups in total. The molecule has 0 aromatic heterocycles. The van der Waals surface area contributed by atoms with Crippen molar-refractivity contribution in [3.8, 4) is 0 Å². The van der Waals surface area contributed by atoms with Crippen molar-refractivity contribution < 1.29 is 102 Å². The maximum Gasteiger partial charge on any atom is 0.460 e. The van der Waals surface area contributed by atoms with Gasteiger partial charge in [0.05, 0.1) is 39.6 Å². The largest absolute Gasteiger partial charge is 0.460 e. The Morgan fingerprint density at radius 3 is 1.31 bits per heavy atom. The number of hydrogen-bond acceptors (Lipinski definition) is 6. The molecular weight excluding hydrogens is 669 g/mol. The molecule has 0 saturated carbocycles. The van der Waals surface area contributed by atoms with Crippen LogP contribution in [0.15, 0.2) is 0 Å². The van der Waals surface area contributed by atoms with Crippen LogP contribution in [0.25, 0.3) is 0 Å². The fraction of sp³-hybridized carbons (Fsp3) is 1.00. The van der Waals surface area contributed by atoms with Crippen molar-refractivity contribution >= 4 is 10.0 Å². The van der Waals surface area contributed by atoms with Crippen LogP contribution in [0.1, 0.15) is 13.3 Å². The topological polar surface area (TPSA) is 85.3 Å². The molecule has 0 aromatic carbocycles. The molecule has 0 amide bonds. The summed E-state index contributed by atoms with van der Waals surface area (Å²) in [5.74, 6) is -52.0. The Kier molecular flexibility index (Phi) is 12.8. The van der Waals surface area contributed by atoms with Gasteiger partial charge in [0.15, 0.2) is 0 Å². The predicted molar refractivity (Wildman–Crippen MR) is 101 cm³/mol. The Labute approximate surface area is 224 Å². The summed E-state index contributed by atoms with van der Waals surface area (Å²) < 4.78 is 260. The van der Waals surface area contributed by atoms with Gasteiger partial charge in [-0.2, -0.15) is 74.6 Å². The number of rotatable bonds is 19. The van der Waals surface area contributed by atoms with E-state index in [1.54, 1.807) is 0 Å². The Morgan fingerprint density at radius 1 is 0.571 bits per heavy atom. The molecule has 0 rings (SSSR count). The monoisotopic (exact) mass is 689 g/mol. The average Bonchev–Trinajstić information content (AvgIpc) is 2.83. The summed E-state index contributed by atoms with van der Waals surface area (Å²) >= 11 is 0. The van der Waals surface area contributed by atoms with Crippen molar-refractivity contribution in [3.05, 3.63) is 0 Å². The second kappa shape index (κ2) is 13.3. The van der Waals surface area contributed by atoms with Gasteiger partial charge in [0.25, 0.3) is 0 Å². The number of ether oxygens (including phenoxy) is 2. The van der Waals surface area contributed by atoms with Gasteiger partial charge in [-0.05, 0) is 6.42 Å². The van der Waals surface area contributed by atoms with Crippen LogP contribution in [-0.4, -0.2) is 111 Å². The summed E-state index contributed by atoms with van der Waals surface area (Å²) in [5, 5.41) is 0.747. The highest BCUT2D eigenvalue weighted by atomic mass is 32.2. The van der Waals surface area contributed by atoms with E-state index in [1.807, 2.05) is 0 Å². The number of alkyl halides is 17. The van der Waals surface area contributed by atoms with Gasteiger partial charge in [0, 0.05) is 6.54 Å². The maximum absolute atomic E-state index is 14.3.